The van der Waals surface area contributed by atoms with Crippen molar-refractivity contribution in [2.24, 2.45) is 0 Å². The van der Waals surface area contributed by atoms with E-state index < -0.39 is 29.3 Å². The quantitative estimate of drug-likeness (QED) is 0.388. The van der Waals surface area contributed by atoms with Crippen LogP contribution in [0.25, 0.3) is 0 Å². The van der Waals surface area contributed by atoms with E-state index in [1.807, 2.05) is 0 Å². The molecule has 0 bridgehead atoms. The smallest absolute Gasteiger partial charge is 0.416 e. The Kier molecular flexibility index (Phi) is 7.86. The number of nitrogens with one attached hydrogen (secondary N) is 3. The SMILES string of the molecule is CC(C)(C)OC(=O)NCCN/C=C(/C#N)C(=O)Nc1cccc(C(F)(F)F)c1. The van der Waals surface area contributed by atoms with Crippen molar-refractivity contribution in [3.05, 3.63) is 41.6 Å². The van der Waals surface area contributed by atoms with E-state index in [1.54, 1.807) is 26.8 Å². The molecule has 1 aromatic rings. The number of carbonyl (C=O) groups excluding carboxylic acids is 2. The Hall–Kier alpha value is -3.22. The lowest BCUT2D eigenvalue weighted by Crippen LogP contribution is -2.35. The van der Waals surface area contributed by atoms with Gasteiger partial charge < -0.3 is 20.7 Å². The summed E-state index contributed by atoms with van der Waals surface area (Å²) in [6.45, 7) is 5.52. The fourth-order valence-corrected chi connectivity index (χ4v) is 1.85. The van der Waals surface area contributed by atoms with Gasteiger partial charge in [0.2, 0.25) is 0 Å². The van der Waals surface area contributed by atoms with Crippen LogP contribution in [0.15, 0.2) is 36.0 Å². The average Bonchev–Trinajstić information content (AvgIpc) is 2.55. The molecule has 0 radical (unpaired) electrons. The standard InChI is InChI=1S/C18H21F3N4O3/c1-17(2,3)28-16(27)24-8-7-23-11-12(10-22)15(26)25-14-6-4-5-13(9-14)18(19,20)21/h4-6,9,11,23H,7-8H2,1-3H3,(H,24,27)(H,25,26)/b12-11-. The van der Waals surface area contributed by atoms with E-state index in [1.165, 1.54) is 6.07 Å². The molecule has 2 amide bonds. The van der Waals surface area contributed by atoms with E-state index in [0.29, 0.717) is 0 Å². The largest absolute Gasteiger partial charge is 0.444 e. The van der Waals surface area contributed by atoms with E-state index >= 15 is 0 Å². The Bertz CT molecular complexity index is 778. The number of ether oxygens (including phenoxy) is 1. The van der Waals surface area contributed by atoms with Crippen molar-refractivity contribution in [2.75, 3.05) is 18.4 Å². The number of nitrogens with zero attached hydrogens (tertiary/aromatic N) is 1. The van der Waals surface area contributed by atoms with Gasteiger partial charge in [-0.3, -0.25) is 4.79 Å². The minimum absolute atomic E-state index is 0.0902. The molecule has 0 aliphatic carbocycles. The molecule has 0 aliphatic rings. The molecule has 0 saturated heterocycles. The van der Waals surface area contributed by atoms with Crippen LogP contribution in [0.2, 0.25) is 0 Å². The summed E-state index contributed by atoms with van der Waals surface area (Å²) in [5.41, 5.74) is -1.98. The number of hydrogen-bond acceptors (Lipinski definition) is 5. The highest BCUT2D eigenvalue weighted by Crippen LogP contribution is 2.30. The zero-order valence-corrected chi connectivity index (χ0v) is 15.6. The molecule has 1 aromatic carbocycles. The van der Waals surface area contributed by atoms with Crippen LogP contribution in [-0.4, -0.2) is 30.7 Å². The molecule has 0 heterocycles. The second-order valence-electron chi connectivity index (χ2n) is 6.59. The molecule has 0 unspecified atom stereocenters. The van der Waals surface area contributed by atoms with Crippen LogP contribution in [0.5, 0.6) is 0 Å². The number of alkyl halides is 3. The van der Waals surface area contributed by atoms with E-state index in [-0.39, 0.29) is 24.4 Å². The first-order chi connectivity index (χ1) is 12.9. The van der Waals surface area contributed by atoms with Crippen LogP contribution >= 0.6 is 0 Å². The van der Waals surface area contributed by atoms with Crippen molar-refractivity contribution < 1.29 is 27.5 Å². The van der Waals surface area contributed by atoms with Gasteiger partial charge in [-0.15, -0.1) is 0 Å². The lowest BCUT2D eigenvalue weighted by atomic mass is 10.2. The molecule has 3 N–H and O–H groups in total. The lowest BCUT2D eigenvalue weighted by molar-refractivity contribution is -0.137. The molecule has 28 heavy (non-hydrogen) atoms. The van der Waals surface area contributed by atoms with Gasteiger partial charge in [0, 0.05) is 25.0 Å². The second kappa shape index (κ2) is 9.64. The monoisotopic (exact) mass is 398 g/mol. The highest BCUT2D eigenvalue weighted by Gasteiger charge is 2.30. The predicted octanol–water partition coefficient (Wildman–Crippen LogP) is 3.17. The number of rotatable bonds is 6. The van der Waals surface area contributed by atoms with Gasteiger partial charge in [-0.1, -0.05) is 6.07 Å². The fourth-order valence-electron chi connectivity index (χ4n) is 1.85. The van der Waals surface area contributed by atoms with Crippen molar-refractivity contribution in [1.82, 2.24) is 10.6 Å². The van der Waals surface area contributed by atoms with Crippen molar-refractivity contribution >= 4 is 17.7 Å². The zero-order chi connectivity index (χ0) is 21.4. The minimum atomic E-state index is -4.54. The molecule has 0 spiro atoms. The van der Waals surface area contributed by atoms with Crippen molar-refractivity contribution in [3.8, 4) is 6.07 Å². The third-order valence-corrected chi connectivity index (χ3v) is 3.00. The van der Waals surface area contributed by atoms with Crippen LogP contribution in [0, 0.1) is 11.3 Å². The highest BCUT2D eigenvalue weighted by atomic mass is 19.4. The molecule has 0 atom stereocenters. The normalized spacial score (nSPS) is 12.0. The van der Waals surface area contributed by atoms with Gasteiger partial charge in [-0.2, -0.15) is 18.4 Å². The van der Waals surface area contributed by atoms with Gasteiger partial charge in [-0.05, 0) is 39.0 Å². The second-order valence-corrected chi connectivity index (χ2v) is 6.59. The molecule has 152 valence electrons. The van der Waals surface area contributed by atoms with Crippen molar-refractivity contribution in [1.29, 1.82) is 5.26 Å². The summed E-state index contributed by atoms with van der Waals surface area (Å²) in [5, 5.41) is 16.4. The molecular weight excluding hydrogens is 377 g/mol. The summed E-state index contributed by atoms with van der Waals surface area (Å²) in [4.78, 5) is 23.5. The van der Waals surface area contributed by atoms with E-state index in [2.05, 4.69) is 16.0 Å². The Balaban J connectivity index is 2.55. The Labute approximate surface area is 160 Å². The number of nitriles is 1. The van der Waals surface area contributed by atoms with E-state index in [4.69, 9.17) is 10.00 Å². The van der Waals surface area contributed by atoms with Crippen LogP contribution in [0.1, 0.15) is 26.3 Å². The fraction of sp³-hybridized carbons (Fsp3) is 0.389. The summed E-state index contributed by atoms with van der Waals surface area (Å²) in [7, 11) is 0. The lowest BCUT2D eigenvalue weighted by Gasteiger charge is -2.19. The third-order valence-electron chi connectivity index (χ3n) is 3.00. The number of anilines is 1. The number of amides is 2. The first-order valence-corrected chi connectivity index (χ1v) is 8.21. The van der Waals surface area contributed by atoms with Gasteiger partial charge >= 0.3 is 12.3 Å². The van der Waals surface area contributed by atoms with Gasteiger partial charge in [0.15, 0.2) is 0 Å². The van der Waals surface area contributed by atoms with Crippen molar-refractivity contribution in [2.45, 2.75) is 32.5 Å². The molecule has 10 heteroatoms. The van der Waals surface area contributed by atoms with Gasteiger partial charge in [0.05, 0.1) is 5.56 Å². The summed E-state index contributed by atoms with van der Waals surface area (Å²) in [5.74, 6) is -0.866. The number of benzene rings is 1. The van der Waals surface area contributed by atoms with Crippen LogP contribution in [-0.2, 0) is 15.7 Å². The van der Waals surface area contributed by atoms with Crippen LogP contribution in [0.3, 0.4) is 0 Å². The maximum absolute atomic E-state index is 12.7. The van der Waals surface area contributed by atoms with Crippen LogP contribution < -0.4 is 16.0 Å². The molecule has 0 saturated carbocycles. The number of halogens is 3. The number of carbonyl (C=O) groups is 2. The summed E-state index contributed by atoms with van der Waals surface area (Å²) >= 11 is 0. The molecule has 7 nitrogen and oxygen atoms in total. The Morgan fingerprint density at radius 3 is 2.46 bits per heavy atom. The van der Waals surface area contributed by atoms with Gasteiger partial charge in [0.25, 0.3) is 5.91 Å². The molecule has 0 aliphatic heterocycles. The maximum Gasteiger partial charge on any atom is 0.416 e. The van der Waals surface area contributed by atoms with Gasteiger partial charge in [-0.25, -0.2) is 4.79 Å². The maximum atomic E-state index is 12.7. The Morgan fingerprint density at radius 2 is 1.89 bits per heavy atom. The predicted molar refractivity (Wildman–Crippen MR) is 96.0 cm³/mol. The average molecular weight is 398 g/mol. The molecular formula is C18H21F3N4O3. The summed E-state index contributed by atoms with van der Waals surface area (Å²) in [6.07, 6.45) is -4.04. The van der Waals surface area contributed by atoms with E-state index in [0.717, 1.165) is 24.4 Å². The molecule has 0 aromatic heterocycles. The summed E-state index contributed by atoms with van der Waals surface area (Å²) in [6, 6.07) is 5.72. The minimum Gasteiger partial charge on any atom is -0.444 e. The third kappa shape index (κ3) is 8.44. The highest BCUT2D eigenvalue weighted by molar-refractivity contribution is 6.06. The van der Waals surface area contributed by atoms with Crippen molar-refractivity contribution in [3.63, 3.8) is 0 Å². The summed E-state index contributed by atoms with van der Waals surface area (Å²) < 4.78 is 43.1. The molecule has 1 rings (SSSR count). The van der Waals surface area contributed by atoms with Gasteiger partial charge in [0.1, 0.15) is 17.2 Å². The first kappa shape index (κ1) is 22.8. The first-order valence-electron chi connectivity index (χ1n) is 8.21. The topological polar surface area (TPSA) is 103 Å². The molecule has 0 fully saturated rings. The van der Waals surface area contributed by atoms with Crippen LogP contribution in [0.4, 0.5) is 23.7 Å². The number of alkyl carbamates (subject to hydrolysis) is 1. The Morgan fingerprint density at radius 1 is 1.21 bits per heavy atom. The zero-order valence-electron chi connectivity index (χ0n) is 15.6. The van der Waals surface area contributed by atoms with E-state index in [9.17, 15) is 22.8 Å². The number of hydrogen-bond donors (Lipinski definition) is 3.